The number of halogens is 3. The van der Waals surface area contributed by atoms with E-state index >= 15 is 0 Å². The molecule has 0 saturated heterocycles. The Morgan fingerprint density at radius 2 is 2.18 bits per heavy atom. The minimum atomic E-state index is -4.57. The summed E-state index contributed by atoms with van der Waals surface area (Å²) >= 11 is 0. The Hall–Kier alpha value is -2.12. The Morgan fingerprint density at radius 1 is 1.53 bits per heavy atom. The maximum atomic E-state index is 12.3. The normalized spacial score (nSPS) is 11.0. The van der Waals surface area contributed by atoms with Gasteiger partial charge in [-0.25, -0.2) is 4.98 Å². The standard InChI is InChI=1S/C9H7F3N2O3/c10-9(11,12)6-1-2-13-7(3-6)14(5-15)4-8(16)17/h1-3,5H,4H2,(H,16,17). The quantitative estimate of drug-likeness (QED) is 0.811. The molecule has 0 aliphatic rings. The lowest BCUT2D eigenvalue weighted by atomic mass is 10.2. The van der Waals surface area contributed by atoms with E-state index in [2.05, 4.69) is 4.98 Å². The molecular formula is C9H7F3N2O3. The van der Waals surface area contributed by atoms with Crippen molar-refractivity contribution in [2.75, 3.05) is 11.4 Å². The zero-order valence-electron chi connectivity index (χ0n) is 8.31. The van der Waals surface area contributed by atoms with Crippen molar-refractivity contribution >= 4 is 18.2 Å². The summed E-state index contributed by atoms with van der Waals surface area (Å²) in [6.07, 6.45) is -3.61. The maximum Gasteiger partial charge on any atom is 0.416 e. The van der Waals surface area contributed by atoms with Crippen LogP contribution in [0, 0.1) is 0 Å². The van der Waals surface area contributed by atoms with Crippen LogP contribution in [0.5, 0.6) is 0 Å². The molecule has 0 atom stereocenters. The highest BCUT2D eigenvalue weighted by Crippen LogP contribution is 2.30. The van der Waals surface area contributed by atoms with E-state index in [0.29, 0.717) is 11.0 Å². The van der Waals surface area contributed by atoms with Crippen molar-refractivity contribution in [2.45, 2.75) is 6.18 Å². The van der Waals surface area contributed by atoms with E-state index in [1.807, 2.05) is 0 Å². The second-order valence-corrected chi connectivity index (χ2v) is 3.03. The van der Waals surface area contributed by atoms with E-state index in [1.54, 1.807) is 0 Å². The summed E-state index contributed by atoms with van der Waals surface area (Å²) in [5.41, 5.74) is -1.00. The number of pyridine rings is 1. The summed E-state index contributed by atoms with van der Waals surface area (Å²) in [6, 6.07) is 1.34. The highest BCUT2D eigenvalue weighted by atomic mass is 19.4. The second-order valence-electron chi connectivity index (χ2n) is 3.03. The molecule has 0 aromatic carbocycles. The number of carboxylic acid groups (broad SMARTS) is 1. The molecule has 0 fully saturated rings. The van der Waals surface area contributed by atoms with Gasteiger partial charge in [-0.05, 0) is 12.1 Å². The smallest absolute Gasteiger partial charge is 0.416 e. The van der Waals surface area contributed by atoms with Crippen LogP contribution in [0.3, 0.4) is 0 Å². The van der Waals surface area contributed by atoms with Crippen molar-refractivity contribution < 1.29 is 27.9 Å². The molecule has 0 saturated carbocycles. The predicted molar refractivity (Wildman–Crippen MR) is 50.3 cm³/mol. The van der Waals surface area contributed by atoms with Crippen molar-refractivity contribution in [3.63, 3.8) is 0 Å². The molecule has 1 aromatic heterocycles. The number of amides is 1. The summed E-state index contributed by atoms with van der Waals surface area (Å²) < 4.78 is 37.0. The van der Waals surface area contributed by atoms with Crippen molar-refractivity contribution in [3.05, 3.63) is 23.9 Å². The number of aromatic nitrogens is 1. The summed E-state index contributed by atoms with van der Waals surface area (Å²) in [5.74, 6) is -1.71. The number of carbonyl (C=O) groups is 2. The summed E-state index contributed by atoms with van der Waals surface area (Å²) in [6.45, 7) is -0.752. The number of hydrogen-bond donors (Lipinski definition) is 1. The van der Waals surface area contributed by atoms with E-state index in [-0.39, 0.29) is 12.2 Å². The van der Waals surface area contributed by atoms with Gasteiger partial charge in [0.25, 0.3) is 0 Å². The van der Waals surface area contributed by atoms with E-state index in [1.165, 1.54) is 0 Å². The third-order valence-corrected chi connectivity index (χ3v) is 1.80. The van der Waals surface area contributed by atoms with Crippen molar-refractivity contribution in [1.82, 2.24) is 4.98 Å². The second kappa shape index (κ2) is 4.81. The molecule has 1 rings (SSSR count). The highest BCUT2D eigenvalue weighted by molar-refractivity contribution is 5.83. The number of carboxylic acids is 1. The van der Waals surface area contributed by atoms with Crippen LogP contribution in [0.2, 0.25) is 0 Å². The Labute approximate surface area is 93.5 Å². The third kappa shape index (κ3) is 3.44. The monoisotopic (exact) mass is 248 g/mol. The van der Waals surface area contributed by atoms with Crippen LogP contribution in [0.15, 0.2) is 18.3 Å². The first-order valence-electron chi connectivity index (χ1n) is 4.31. The molecule has 1 amide bonds. The molecule has 0 radical (unpaired) electrons. The number of anilines is 1. The molecule has 1 aromatic rings. The average molecular weight is 248 g/mol. The molecule has 1 heterocycles. The van der Waals surface area contributed by atoms with Gasteiger partial charge in [-0.15, -0.1) is 0 Å². The molecule has 8 heteroatoms. The van der Waals surface area contributed by atoms with Gasteiger partial charge in [0, 0.05) is 6.20 Å². The van der Waals surface area contributed by atoms with E-state index in [4.69, 9.17) is 5.11 Å². The van der Waals surface area contributed by atoms with Crippen LogP contribution in [0.25, 0.3) is 0 Å². The molecule has 92 valence electrons. The lowest BCUT2D eigenvalue weighted by Crippen LogP contribution is -2.29. The van der Waals surface area contributed by atoms with Gasteiger partial charge in [-0.1, -0.05) is 0 Å². The van der Waals surface area contributed by atoms with E-state index < -0.39 is 24.3 Å². The molecule has 5 nitrogen and oxygen atoms in total. The van der Waals surface area contributed by atoms with Crippen LogP contribution < -0.4 is 4.90 Å². The highest BCUT2D eigenvalue weighted by Gasteiger charge is 2.31. The first-order chi connectivity index (χ1) is 7.84. The zero-order chi connectivity index (χ0) is 13.1. The Bertz CT molecular complexity index is 434. The number of alkyl halides is 3. The zero-order valence-corrected chi connectivity index (χ0v) is 8.31. The first kappa shape index (κ1) is 12.9. The number of carbonyl (C=O) groups excluding carboxylic acids is 1. The average Bonchev–Trinajstić information content (AvgIpc) is 2.24. The van der Waals surface area contributed by atoms with Crippen LogP contribution >= 0.6 is 0 Å². The predicted octanol–water partition coefficient (Wildman–Crippen LogP) is 1.15. The molecule has 0 spiro atoms. The SMILES string of the molecule is O=CN(CC(=O)O)c1cc(C(F)(F)F)ccn1. The van der Waals surface area contributed by atoms with Crippen molar-refractivity contribution in [3.8, 4) is 0 Å². The fourth-order valence-electron chi connectivity index (χ4n) is 1.07. The maximum absolute atomic E-state index is 12.3. The van der Waals surface area contributed by atoms with Crippen LogP contribution in [-0.2, 0) is 15.8 Å². The largest absolute Gasteiger partial charge is 0.480 e. The van der Waals surface area contributed by atoms with Gasteiger partial charge in [0.2, 0.25) is 6.41 Å². The fraction of sp³-hybridized carbons (Fsp3) is 0.222. The number of aliphatic carboxylic acids is 1. The summed E-state index contributed by atoms with van der Waals surface area (Å²) in [7, 11) is 0. The van der Waals surface area contributed by atoms with Gasteiger partial charge < -0.3 is 5.11 Å². The van der Waals surface area contributed by atoms with Crippen LogP contribution in [0.1, 0.15) is 5.56 Å². The van der Waals surface area contributed by atoms with E-state index in [9.17, 15) is 22.8 Å². The molecule has 0 aliphatic heterocycles. The molecular weight excluding hydrogens is 241 g/mol. The lowest BCUT2D eigenvalue weighted by molar-refractivity contribution is -0.137. The third-order valence-electron chi connectivity index (χ3n) is 1.80. The fourth-order valence-corrected chi connectivity index (χ4v) is 1.07. The first-order valence-corrected chi connectivity index (χ1v) is 4.31. The lowest BCUT2D eigenvalue weighted by Gasteiger charge is -2.15. The number of nitrogens with zero attached hydrogens (tertiary/aromatic N) is 2. The summed E-state index contributed by atoms with van der Waals surface area (Å²) in [5, 5.41) is 8.45. The minimum absolute atomic E-state index is 0.108. The van der Waals surface area contributed by atoms with Gasteiger partial charge >= 0.3 is 12.1 Å². The van der Waals surface area contributed by atoms with Crippen LogP contribution in [0.4, 0.5) is 19.0 Å². The Kier molecular flexibility index (Phi) is 3.66. The topological polar surface area (TPSA) is 70.5 Å². The Morgan fingerprint density at radius 3 is 2.65 bits per heavy atom. The summed E-state index contributed by atoms with van der Waals surface area (Å²) in [4.78, 5) is 25.0. The van der Waals surface area contributed by atoms with E-state index in [0.717, 1.165) is 12.3 Å². The molecule has 1 N–H and O–H groups in total. The molecule has 0 aliphatic carbocycles. The van der Waals surface area contributed by atoms with Gasteiger partial charge in [0.1, 0.15) is 12.4 Å². The Balaban J connectivity index is 3.05. The molecule has 17 heavy (non-hydrogen) atoms. The van der Waals surface area contributed by atoms with Crippen LogP contribution in [-0.4, -0.2) is 29.0 Å². The number of hydrogen-bond acceptors (Lipinski definition) is 3. The van der Waals surface area contributed by atoms with Gasteiger partial charge in [0.15, 0.2) is 0 Å². The minimum Gasteiger partial charge on any atom is -0.480 e. The van der Waals surface area contributed by atoms with Crippen molar-refractivity contribution in [2.24, 2.45) is 0 Å². The van der Waals surface area contributed by atoms with Gasteiger partial charge in [0.05, 0.1) is 5.56 Å². The van der Waals surface area contributed by atoms with Gasteiger partial charge in [-0.3, -0.25) is 14.5 Å². The molecule has 0 bridgehead atoms. The molecule has 0 unspecified atom stereocenters. The number of rotatable bonds is 4. The van der Waals surface area contributed by atoms with Gasteiger partial charge in [-0.2, -0.15) is 13.2 Å². The van der Waals surface area contributed by atoms with Crippen molar-refractivity contribution in [1.29, 1.82) is 0 Å².